The number of nitrogens with zero attached hydrogens (tertiary/aromatic N) is 1. The number of nitrogens with one attached hydrogen (secondary N) is 1. The molecule has 2 N–H and O–H groups in total. The lowest BCUT2D eigenvalue weighted by Crippen LogP contribution is -2.56. The molecule has 0 radical (unpaired) electrons. The van der Waals surface area contributed by atoms with E-state index in [-0.39, 0.29) is 23.9 Å². The molecule has 2 aliphatic rings. The van der Waals surface area contributed by atoms with Crippen LogP contribution in [0.1, 0.15) is 52.9 Å². The number of hydrogen-bond donors (Lipinski definition) is 2. The zero-order chi connectivity index (χ0) is 15.6. The summed E-state index contributed by atoms with van der Waals surface area (Å²) in [5.74, 6) is 0.0488. The van der Waals surface area contributed by atoms with Crippen LogP contribution in [0.2, 0.25) is 0 Å². The molecule has 120 valence electrons. The van der Waals surface area contributed by atoms with Crippen LogP contribution in [0.5, 0.6) is 0 Å². The van der Waals surface area contributed by atoms with E-state index in [2.05, 4.69) is 10.2 Å². The van der Waals surface area contributed by atoms with E-state index in [4.69, 9.17) is 5.11 Å². The molecule has 2 aliphatic carbocycles. The van der Waals surface area contributed by atoms with Crippen LogP contribution in [0.4, 0.5) is 0 Å². The molecule has 21 heavy (non-hydrogen) atoms. The maximum Gasteiger partial charge on any atom is 0.317 e. The average molecular weight is 296 g/mol. The second kappa shape index (κ2) is 6.34. The number of carboxylic acid groups (broad SMARTS) is 1. The van der Waals surface area contributed by atoms with Crippen molar-refractivity contribution in [1.29, 1.82) is 0 Å². The fourth-order valence-corrected chi connectivity index (χ4v) is 2.69. The lowest BCUT2D eigenvalue weighted by atomic mass is 9.83. The minimum Gasteiger partial charge on any atom is -0.480 e. The molecular weight excluding hydrogens is 268 g/mol. The smallest absolute Gasteiger partial charge is 0.317 e. The normalized spacial score (nSPS) is 25.5. The molecule has 2 rings (SSSR count). The van der Waals surface area contributed by atoms with Gasteiger partial charge in [-0.15, -0.1) is 0 Å². The third-order valence-electron chi connectivity index (χ3n) is 4.99. The Hall–Kier alpha value is -1.10. The maximum absolute atomic E-state index is 12.1. The number of aliphatic carboxylic acids is 1. The number of amides is 1. The molecule has 5 nitrogen and oxygen atoms in total. The van der Waals surface area contributed by atoms with E-state index in [9.17, 15) is 9.59 Å². The van der Waals surface area contributed by atoms with Gasteiger partial charge in [-0.3, -0.25) is 14.5 Å². The Kier molecular flexibility index (Phi) is 4.91. The van der Waals surface area contributed by atoms with E-state index in [1.165, 1.54) is 12.8 Å². The van der Waals surface area contributed by atoms with E-state index in [0.717, 1.165) is 25.8 Å². The Bertz CT molecular complexity index is 398. The molecule has 2 saturated carbocycles. The van der Waals surface area contributed by atoms with Gasteiger partial charge in [0.05, 0.1) is 6.54 Å². The van der Waals surface area contributed by atoms with Crippen molar-refractivity contribution in [1.82, 2.24) is 10.2 Å². The molecule has 1 amide bonds. The SMILES string of the molecule is CCC(C)(C)C(=O)NC1CC(N(CC(=O)O)CC2CC2)C1. The van der Waals surface area contributed by atoms with E-state index in [0.29, 0.717) is 12.0 Å². The van der Waals surface area contributed by atoms with Crippen molar-refractivity contribution in [3.8, 4) is 0 Å². The van der Waals surface area contributed by atoms with Crippen molar-refractivity contribution in [3.05, 3.63) is 0 Å². The maximum atomic E-state index is 12.1. The molecule has 0 atom stereocenters. The summed E-state index contributed by atoms with van der Waals surface area (Å²) in [4.78, 5) is 25.2. The van der Waals surface area contributed by atoms with Gasteiger partial charge in [-0.25, -0.2) is 0 Å². The number of hydrogen-bond acceptors (Lipinski definition) is 3. The quantitative estimate of drug-likeness (QED) is 0.717. The van der Waals surface area contributed by atoms with Gasteiger partial charge in [0, 0.05) is 24.0 Å². The number of carbonyl (C=O) groups excluding carboxylic acids is 1. The van der Waals surface area contributed by atoms with Gasteiger partial charge < -0.3 is 10.4 Å². The molecule has 0 unspecified atom stereocenters. The summed E-state index contributed by atoms with van der Waals surface area (Å²) in [6, 6.07) is 0.528. The predicted molar refractivity (Wildman–Crippen MR) is 81.0 cm³/mol. The lowest BCUT2D eigenvalue weighted by molar-refractivity contribution is -0.140. The standard InChI is InChI=1S/C16H28N2O3/c1-4-16(2,3)15(21)17-12-7-13(8-12)18(10-14(19)20)9-11-5-6-11/h11-13H,4-10H2,1-3H3,(H,17,21)(H,19,20). The van der Waals surface area contributed by atoms with Gasteiger partial charge in [-0.05, 0) is 38.0 Å². The highest BCUT2D eigenvalue weighted by molar-refractivity contribution is 5.82. The van der Waals surface area contributed by atoms with Gasteiger partial charge in [0.2, 0.25) is 5.91 Å². The minimum atomic E-state index is -0.754. The predicted octanol–water partition coefficient (Wildman–Crippen LogP) is 1.87. The summed E-state index contributed by atoms with van der Waals surface area (Å²) in [6.45, 7) is 6.97. The lowest BCUT2D eigenvalue weighted by Gasteiger charge is -2.43. The second-order valence-corrected chi connectivity index (χ2v) is 7.30. The monoisotopic (exact) mass is 296 g/mol. The van der Waals surface area contributed by atoms with Crippen molar-refractivity contribution in [2.24, 2.45) is 11.3 Å². The first-order valence-corrected chi connectivity index (χ1v) is 8.08. The van der Waals surface area contributed by atoms with Gasteiger partial charge in [-0.2, -0.15) is 0 Å². The summed E-state index contributed by atoms with van der Waals surface area (Å²) in [6.07, 6.45) is 5.04. The first-order valence-electron chi connectivity index (χ1n) is 8.08. The van der Waals surface area contributed by atoms with E-state index >= 15 is 0 Å². The van der Waals surface area contributed by atoms with Crippen LogP contribution in [-0.2, 0) is 9.59 Å². The summed E-state index contributed by atoms with van der Waals surface area (Å²) < 4.78 is 0. The van der Waals surface area contributed by atoms with Gasteiger partial charge >= 0.3 is 5.97 Å². The fourth-order valence-electron chi connectivity index (χ4n) is 2.69. The molecule has 0 heterocycles. The Morgan fingerprint density at radius 1 is 1.29 bits per heavy atom. The highest BCUT2D eigenvalue weighted by Gasteiger charge is 2.39. The molecular formula is C16H28N2O3. The Morgan fingerprint density at radius 3 is 2.38 bits per heavy atom. The summed E-state index contributed by atoms with van der Waals surface area (Å²) >= 11 is 0. The van der Waals surface area contributed by atoms with Crippen molar-refractivity contribution in [3.63, 3.8) is 0 Å². The van der Waals surface area contributed by atoms with Crippen molar-refractivity contribution in [2.45, 2.75) is 65.0 Å². The average Bonchev–Trinajstić information content (AvgIpc) is 3.15. The first kappa shape index (κ1) is 16.3. The van der Waals surface area contributed by atoms with Crippen LogP contribution < -0.4 is 5.32 Å². The van der Waals surface area contributed by atoms with Crippen molar-refractivity contribution < 1.29 is 14.7 Å². The molecule has 5 heteroatoms. The summed E-state index contributed by atoms with van der Waals surface area (Å²) in [5, 5.41) is 12.1. The third kappa shape index (κ3) is 4.43. The second-order valence-electron chi connectivity index (χ2n) is 7.30. The van der Waals surface area contributed by atoms with Crippen molar-refractivity contribution >= 4 is 11.9 Å². The Labute approximate surface area is 127 Å². The highest BCUT2D eigenvalue weighted by atomic mass is 16.4. The van der Waals surface area contributed by atoms with E-state index in [1.807, 2.05) is 20.8 Å². The van der Waals surface area contributed by atoms with Crippen LogP contribution >= 0.6 is 0 Å². The van der Waals surface area contributed by atoms with E-state index < -0.39 is 5.97 Å². The van der Waals surface area contributed by atoms with Crippen LogP contribution in [0.15, 0.2) is 0 Å². The molecule has 0 spiro atoms. The molecule has 0 saturated heterocycles. The molecule has 0 aromatic rings. The Morgan fingerprint density at radius 2 is 1.90 bits per heavy atom. The minimum absolute atomic E-state index is 0.112. The highest BCUT2D eigenvalue weighted by Crippen LogP contribution is 2.34. The Balaban J connectivity index is 1.78. The molecule has 0 aromatic carbocycles. The zero-order valence-electron chi connectivity index (χ0n) is 13.4. The topological polar surface area (TPSA) is 69.6 Å². The third-order valence-corrected chi connectivity index (χ3v) is 4.99. The largest absolute Gasteiger partial charge is 0.480 e. The summed E-state index contributed by atoms with van der Waals surface area (Å²) in [7, 11) is 0. The number of carboxylic acids is 1. The van der Waals surface area contributed by atoms with Crippen LogP contribution in [0.3, 0.4) is 0 Å². The summed E-state index contributed by atoms with van der Waals surface area (Å²) in [5.41, 5.74) is -0.320. The van der Waals surface area contributed by atoms with Crippen LogP contribution in [0.25, 0.3) is 0 Å². The van der Waals surface area contributed by atoms with Gasteiger partial charge in [-0.1, -0.05) is 20.8 Å². The van der Waals surface area contributed by atoms with Crippen LogP contribution in [-0.4, -0.2) is 47.1 Å². The molecule has 0 aliphatic heterocycles. The zero-order valence-corrected chi connectivity index (χ0v) is 13.4. The van der Waals surface area contributed by atoms with Gasteiger partial charge in [0.15, 0.2) is 0 Å². The number of rotatable bonds is 8. The van der Waals surface area contributed by atoms with Gasteiger partial charge in [0.25, 0.3) is 0 Å². The fraction of sp³-hybridized carbons (Fsp3) is 0.875. The van der Waals surface area contributed by atoms with E-state index in [1.54, 1.807) is 0 Å². The molecule has 2 fully saturated rings. The number of carbonyl (C=O) groups is 2. The first-order chi connectivity index (χ1) is 9.81. The van der Waals surface area contributed by atoms with Crippen LogP contribution in [0, 0.1) is 11.3 Å². The van der Waals surface area contributed by atoms with Crippen molar-refractivity contribution in [2.75, 3.05) is 13.1 Å². The molecule has 0 bridgehead atoms. The van der Waals surface area contributed by atoms with Gasteiger partial charge in [0.1, 0.15) is 0 Å². The molecule has 0 aromatic heterocycles.